The van der Waals surface area contributed by atoms with Crippen molar-refractivity contribution in [3.63, 3.8) is 0 Å². The van der Waals surface area contributed by atoms with Gasteiger partial charge in [-0.15, -0.1) is 0 Å². The monoisotopic (exact) mass is 983 g/mol. The Morgan fingerprint density at radius 3 is 1.19 bits per heavy atom. The van der Waals surface area contributed by atoms with Gasteiger partial charge in [-0.1, -0.05) is 237 Å². The highest BCUT2D eigenvalue weighted by Gasteiger charge is 2.48. The van der Waals surface area contributed by atoms with Gasteiger partial charge >= 0.3 is 0 Å². The van der Waals surface area contributed by atoms with E-state index in [1.807, 2.05) is 6.08 Å². The van der Waals surface area contributed by atoms with E-state index >= 15 is 0 Å². The van der Waals surface area contributed by atoms with E-state index in [2.05, 4.69) is 223 Å². The Balaban J connectivity index is 1.39. The SMILES string of the molecule is C=C/C=C(\C=C/C(C)(C)C)N(c1ccccc1)c1ccc2c(c1)C(CCCCCC)(CCCCCC)c1cc3c(cc1-2)C(CCCCCC)(CCCCCC)c1cc(N(c2ccccc2)c2ccccc2)ccc1-3. The Bertz CT molecular complexity index is 2720. The lowest BCUT2D eigenvalue weighted by atomic mass is 9.68. The van der Waals surface area contributed by atoms with Crippen molar-refractivity contribution >= 4 is 28.4 Å². The van der Waals surface area contributed by atoms with Crippen LogP contribution in [0, 0.1) is 5.41 Å². The molecule has 0 spiro atoms. The molecule has 0 unspecified atom stereocenters. The van der Waals surface area contributed by atoms with E-state index in [1.165, 1.54) is 179 Å². The van der Waals surface area contributed by atoms with E-state index in [9.17, 15) is 0 Å². The summed E-state index contributed by atoms with van der Waals surface area (Å²) in [6.07, 6.45) is 33.6. The van der Waals surface area contributed by atoms with Crippen molar-refractivity contribution in [2.75, 3.05) is 9.80 Å². The molecule has 6 aromatic carbocycles. The van der Waals surface area contributed by atoms with Gasteiger partial charge in [-0.25, -0.2) is 0 Å². The van der Waals surface area contributed by atoms with Crippen LogP contribution in [0.3, 0.4) is 0 Å². The van der Waals surface area contributed by atoms with Crippen LogP contribution in [0.4, 0.5) is 28.4 Å². The number of allylic oxidation sites excluding steroid dienone is 4. The minimum absolute atomic E-state index is 0.0271. The van der Waals surface area contributed by atoms with Gasteiger partial charge in [-0.3, -0.25) is 0 Å². The molecular weight excluding hydrogens is 893 g/mol. The van der Waals surface area contributed by atoms with Crippen molar-refractivity contribution in [1.82, 2.24) is 0 Å². The third-order valence-electron chi connectivity index (χ3n) is 16.5. The van der Waals surface area contributed by atoms with Crippen molar-refractivity contribution in [2.45, 2.75) is 188 Å². The molecule has 2 heteroatoms. The number of para-hydroxylation sites is 3. The third kappa shape index (κ3) is 12.0. The first kappa shape index (κ1) is 54.4. The average Bonchev–Trinajstić information content (AvgIpc) is 3.83. The number of rotatable bonds is 28. The number of benzene rings is 6. The number of hydrogen-bond donors (Lipinski definition) is 0. The van der Waals surface area contributed by atoms with Crippen LogP contribution in [-0.2, 0) is 10.8 Å². The van der Waals surface area contributed by atoms with Crippen LogP contribution in [0.5, 0.6) is 0 Å². The minimum atomic E-state index is -0.103. The summed E-state index contributed by atoms with van der Waals surface area (Å²) in [7, 11) is 0. The van der Waals surface area contributed by atoms with Gasteiger partial charge in [0.05, 0.1) is 0 Å². The number of hydrogen-bond acceptors (Lipinski definition) is 2. The molecule has 2 nitrogen and oxygen atoms in total. The van der Waals surface area contributed by atoms with Gasteiger partial charge in [-0.05, 0) is 161 Å². The summed E-state index contributed by atoms with van der Waals surface area (Å²) < 4.78 is 0. The molecule has 0 aromatic heterocycles. The minimum Gasteiger partial charge on any atom is -0.311 e. The lowest BCUT2D eigenvalue weighted by molar-refractivity contribution is 0.397. The molecule has 8 rings (SSSR count). The van der Waals surface area contributed by atoms with Gasteiger partial charge in [0, 0.05) is 45.0 Å². The molecule has 2 aliphatic carbocycles. The van der Waals surface area contributed by atoms with Crippen LogP contribution in [0.2, 0.25) is 0 Å². The van der Waals surface area contributed by atoms with Crippen LogP contribution >= 0.6 is 0 Å². The molecule has 0 bridgehead atoms. The fourth-order valence-corrected chi connectivity index (χ4v) is 12.8. The zero-order valence-electron chi connectivity index (χ0n) is 46.8. The lowest BCUT2D eigenvalue weighted by Gasteiger charge is -2.35. The largest absolute Gasteiger partial charge is 0.311 e. The second kappa shape index (κ2) is 25.6. The van der Waals surface area contributed by atoms with Crippen LogP contribution < -0.4 is 9.80 Å². The molecule has 0 atom stereocenters. The summed E-state index contributed by atoms with van der Waals surface area (Å²) in [6, 6.07) is 53.9. The molecular formula is C72H90N2. The summed E-state index contributed by atoms with van der Waals surface area (Å²) >= 11 is 0. The molecule has 0 saturated carbocycles. The predicted octanol–water partition coefficient (Wildman–Crippen LogP) is 22.4. The fourth-order valence-electron chi connectivity index (χ4n) is 12.8. The fraction of sp³-hybridized carbons (Fsp3) is 0.417. The van der Waals surface area contributed by atoms with Gasteiger partial charge in [0.25, 0.3) is 0 Å². The summed E-state index contributed by atoms with van der Waals surface area (Å²) in [5.41, 5.74) is 19.1. The zero-order chi connectivity index (χ0) is 52.0. The van der Waals surface area contributed by atoms with E-state index in [0.717, 1.165) is 11.4 Å². The summed E-state index contributed by atoms with van der Waals surface area (Å²) in [6.45, 7) is 20.5. The zero-order valence-corrected chi connectivity index (χ0v) is 46.8. The summed E-state index contributed by atoms with van der Waals surface area (Å²) in [5.74, 6) is 0. The summed E-state index contributed by atoms with van der Waals surface area (Å²) in [4.78, 5) is 4.96. The van der Waals surface area contributed by atoms with E-state index in [-0.39, 0.29) is 16.2 Å². The third-order valence-corrected chi connectivity index (χ3v) is 16.5. The topological polar surface area (TPSA) is 6.48 Å². The van der Waals surface area contributed by atoms with Crippen molar-refractivity contribution in [3.05, 3.63) is 198 Å². The molecule has 0 amide bonds. The molecule has 0 fully saturated rings. The Morgan fingerprint density at radius 1 is 0.419 bits per heavy atom. The van der Waals surface area contributed by atoms with Gasteiger partial charge < -0.3 is 9.80 Å². The van der Waals surface area contributed by atoms with Crippen molar-refractivity contribution in [1.29, 1.82) is 0 Å². The van der Waals surface area contributed by atoms with Crippen LogP contribution in [0.25, 0.3) is 22.3 Å². The first-order valence-electron chi connectivity index (χ1n) is 29.4. The Hall–Kier alpha value is -5.86. The van der Waals surface area contributed by atoms with Crippen LogP contribution in [0.1, 0.15) is 199 Å². The van der Waals surface area contributed by atoms with E-state index < -0.39 is 0 Å². The first-order valence-corrected chi connectivity index (χ1v) is 29.4. The second-order valence-corrected chi connectivity index (χ2v) is 23.0. The van der Waals surface area contributed by atoms with Crippen LogP contribution in [-0.4, -0.2) is 0 Å². The molecule has 0 saturated heterocycles. The van der Waals surface area contributed by atoms with Gasteiger partial charge in [-0.2, -0.15) is 0 Å². The van der Waals surface area contributed by atoms with E-state index in [1.54, 1.807) is 16.7 Å². The Kier molecular flexibility index (Phi) is 18.8. The average molecular weight is 984 g/mol. The standard InChI is InChI=1S/C72H90N2/c1-9-14-18-31-47-71(48-32-19-15-10-2)66-52-60(73(57-36-25-22-26-37-57)56(35-13-5)46-51-70(6,7)8)42-44-62(66)64-54-69-65(55-68(64)71)63-45-43-61(74(58-38-27-23-28-39-58)59-40-29-24-30-41-59)53-67(63)72(69,49-33-20-16-11-3)50-34-21-17-12-4/h13,22-30,35-46,51-55H,5,9-12,14-21,31-34,47-50H2,1-4,6-8H3/b51-46-,56-35+. The number of anilines is 5. The van der Waals surface area contributed by atoms with E-state index in [4.69, 9.17) is 0 Å². The molecule has 0 heterocycles. The van der Waals surface area contributed by atoms with Crippen molar-refractivity contribution < 1.29 is 0 Å². The highest BCUT2D eigenvalue weighted by Crippen LogP contribution is 2.62. The molecule has 6 aromatic rings. The molecule has 0 aliphatic heterocycles. The smallest absolute Gasteiger partial charge is 0.0465 e. The van der Waals surface area contributed by atoms with Gasteiger partial charge in [0.1, 0.15) is 0 Å². The first-order chi connectivity index (χ1) is 36.1. The van der Waals surface area contributed by atoms with Crippen molar-refractivity contribution in [2.24, 2.45) is 5.41 Å². The van der Waals surface area contributed by atoms with Gasteiger partial charge in [0.15, 0.2) is 0 Å². The highest BCUT2D eigenvalue weighted by atomic mass is 15.1. The number of nitrogens with zero attached hydrogens (tertiary/aromatic N) is 2. The van der Waals surface area contributed by atoms with E-state index in [0.29, 0.717) is 0 Å². The number of unbranched alkanes of at least 4 members (excludes halogenated alkanes) is 12. The molecule has 388 valence electrons. The maximum absolute atomic E-state index is 4.24. The molecule has 2 aliphatic rings. The maximum atomic E-state index is 4.24. The summed E-state index contributed by atoms with van der Waals surface area (Å²) in [5, 5.41) is 0. The molecule has 0 radical (unpaired) electrons. The highest BCUT2D eigenvalue weighted by molar-refractivity contribution is 5.92. The number of fused-ring (bicyclic) bond motifs is 6. The lowest BCUT2D eigenvalue weighted by Crippen LogP contribution is -2.27. The van der Waals surface area contributed by atoms with Gasteiger partial charge in [0.2, 0.25) is 0 Å². The maximum Gasteiger partial charge on any atom is 0.0465 e. The normalized spacial score (nSPS) is 14.2. The Morgan fingerprint density at radius 2 is 0.797 bits per heavy atom. The predicted molar refractivity (Wildman–Crippen MR) is 324 cm³/mol. The van der Waals surface area contributed by atoms with Crippen molar-refractivity contribution in [3.8, 4) is 22.3 Å². The second-order valence-electron chi connectivity index (χ2n) is 23.0. The quantitative estimate of drug-likeness (QED) is 0.0357. The molecule has 74 heavy (non-hydrogen) atoms. The van der Waals surface area contributed by atoms with Crippen LogP contribution in [0.15, 0.2) is 176 Å². The Labute approximate surface area is 449 Å². The molecule has 0 N–H and O–H groups in total.